The van der Waals surface area contributed by atoms with E-state index in [9.17, 15) is 9.18 Å². The van der Waals surface area contributed by atoms with E-state index in [1.165, 1.54) is 5.69 Å². The number of unbranched alkanes of at least 4 members (excludes halogenated alkanes) is 1. The predicted molar refractivity (Wildman–Crippen MR) is 134 cm³/mol. The number of nitrogens with one attached hydrogen (secondary N) is 2. The maximum absolute atomic E-state index is 13.5. The summed E-state index contributed by atoms with van der Waals surface area (Å²) < 4.78 is 19.7. The van der Waals surface area contributed by atoms with Gasteiger partial charge in [-0.05, 0) is 62.7 Å². The number of carbonyl (C=O) groups is 1. The van der Waals surface area contributed by atoms with Crippen molar-refractivity contribution in [2.45, 2.75) is 19.3 Å². The molecule has 4 rings (SSSR count). The number of hydrogen-bond acceptors (Lipinski definition) is 5. The SMILES string of the molecule is COc1cccc(NC(=O)NCCCCN2CCCN(c3csc4cc(F)ccc34)CC2)c1. The van der Waals surface area contributed by atoms with E-state index in [0.29, 0.717) is 18.0 Å². The molecular weight excluding hydrogens is 439 g/mol. The number of nitrogens with zero attached hydrogens (tertiary/aromatic N) is 2. The number of methoxy groups -OCH3 is 1. The van der Waals surface area contributed by atoms with Crippen LogP contribution in [-0.2, 0) is 0 Å². The quantitative estimate of drug-likeness (QED) is 0.447. The van der Waals surface area contributed by atoms with Crippen molar-refractivity contribution in [2.24, 2.45) is 0 Å². The van der Waals surface area contributed by atoms with Crippen molar-refractivity contribution >= 4 is 38.8 Å². The maximum Gasteiger partial charge on any atom is 0.319 e. The van der Waals surface area contributed by atoms with Crippen molar-refractivity contribution in [2.75, 3.05) is 56.6 Å². The number of halogens is 1. The third kappa shape index (κ3) is 6.36. The van der Waals surface area contributed by atoms with Crippen molar-refractivity contribution in [1.82, 2.24) is 10.2 Å². The highest BCUT2D eigenvalue weighted by molar-refractivity contribution is 7.17. The van der Waals surface area contributed by atoms with Crippen LogP contribution < -0.4 is 20.3 Å². The summed E-state index contributed by atoms with van der Waals surface area (Å²) in [6.45, 7) is 5.77. The summed E-state index contributed by atoms with van der Waals surface area (Å²) >= 11 is 1.61. The number of amides is 2. The van der Waals surface area contributed by atoms with E-state index in [0.717, 1.165) is 62.1 Å². The van der Waals surface area contributed by atoms with Crippen molar-refractivity contribution in [1.29, 1.82) is 0 Å². The molecular formula is C25H31FN4O2S. The monoisotopic (exact) mass is 470 g/mol. The predicted octanol–water partition coefficient (Wildman–Crippen LogP) is 5.16. The van der Waals surface area contributed by atoms with Gasteiger partial charge in [0.15, 0.2) is 0 Å². The van der Waals surface area contributed by atoms with Gasteiger partial charge in [0.1, 0.15) is 11.6 Å². The van der Waals surface area contributed by atoms with Crippen LogP contribution in [0.3, 0.4) is 0 Å². The number of thiophene rings is 1. The van der Waals surface area contributed by atoms with Crippen LogP contribution in [0.25, 0.3) is 10.1 Å². The summed E-state index contributed by atoms with van der Waals surface area (Å²) in [7, 11) is 1.60. The summed E-state index contributed by atoms with van der Waals surface area (Å²) in [5, 5.41) is 9.06. The number of carbonyl (C=O) groups excluding carboxylic acids is 1. The van der Waals surface area contributed by atoms with Crippen LogP contribution in [0, 0.1) is 5.82 Å². The zero-order chi connectivity index (χ0) is 23.0. The van der Waals surface area contributed by atoms with Gasteiger partial charge >= 0.3 is 6.03 Å². The molecule has 8 heteroatoms. The van der Waals surface area contributed by atoms with E-state index < -0.39 is 0 Å². The fourth-order valence-corrected chi connectivity index (χ4v) is 5.20. The molecule has 1 fully saturated rings. The molecule has 2 aromatic carbocycles. The van der Waals surface area contributed by atoms with E-state index in [4.69, 9.17) is 4.74 Å². The van der Waals surface area contributed by atoms with E-state index in [-0.39, 0.29) is 11.8 Å². The van der Waals surface area contributed by atoms with Gasteiger partial charge in [-0.25, -0.2) is 9.18 Å². The minimum absolute atomic E-state index is 0.176. The Balaban J connectivity index is 1.16. The highest BCUT2D eigenvalue weighted by Crippen LogP contribution is 2.34. The zero-order valence-electron chi connectivity index (χ0n) is 19.0. The second kappa shape index (κ2) is 11.3. The number of anilines is 2. The van der Waals surface area contributed by atoms with Gasteiger partial charge in [0.2, 0.25) is 0 Å². The van der Waals surface area contributed by atoms with Crippen molar-refractivity contribution in [3.05, 3.63) is 53.7 Å². The Hall–Kier alpha value is -2.84. The highest BCUT2D eigenvalue weighted by atomic mass is 32.1. The second-order valence-electron chi connectivity index (χ2n) is 8.26. The number of ether oxygens (including phenoxy) is 1. The Morgan fingerprint density at radius 3 is 2.91 bits per heavy atom. The number of benzene rings is 2. The third-order valence-corrected chi connectivity index (χ3v) is 6.89. The van der Waals surface area contributed by atoms with Crippen molar-refractivity contribution in [3.8, 4) is 5.75 Å². The van der Waals surface area contributed by atoms with Gasteiger partial charge in [-0.1, -0.05) is 6.07 Å². The summed E-state index contributed by atoms with van der Waals surface area (Å²) in [5.41, 5.74) is 1.94. The average Bonchev–Trinajstić information content (AvgIpc) is 3.08. The van der Waals surface area contributed by atoms with Gasteiger partial charge in [-0.3, -0.25) is 0 Å². The Bertz CT molecular complexity index is 1070. The first-order valence-electron chi connectivity index (χ1n) is 11.5. The first kappa shape index (κ1) is 23.3. The molecule has 2 amide bonds. The summed E-state index contributed by atoms with van der Waals surface area (Å²) in [6.07, 6.45) is 3.09. The largest absolute Gasteiger partial charge is 0.497 e. The van der Waals surface area contributed by atoms with E-state index >= 15 is 0 Å². The Kier molecular flexibility index (Phi) is 8.01. The first-order chi connectivity index (χ1) is 16.1. The van der Waals surface area contributed by atoms with E-state index in [1.54, 1.807) is 36.6 Å². The fourth-order valence-electron chi connectivity index (χ4n) is 4.21. The molecule has 0 saturated carbocycles. The molecule has 2 heterocycles. The van der Waals surface area contributed by atoms with Gasteiger partial charge in [0.25, 0.3) is 0 Å². The molecule has 0 radical (unpaired) electrons. The van der Waals surface area contributed by atoms with Gasteiger partial charge in [-0.2, -0.15) is 0 Å². The fraction of sp³-hybridized carbons (Fsp3) is 0.400. The van der Waals surface area contributed by atoms with E-state index in [2.05, 4.69) is 25.8 Å². The first-order valence-corrected chi connectivity index (χ1v) is 12.3. The van der Waals surface area contributed by atoms with Crippen LogP contribution in [0.15, 0.2) is 47.8 Å². The van der Waals surface area contributed by atoms with Crippen LogP contribution in [0.5, 0.6) is 5.75 Å². The zero-order valence-corrected chi connectivity index (χ0v) is 19.8. The summed E-state index contributed by atoms with van der Waals surface area (Å²) in [6, 6.07) is 12.2. The maximum atomic E-state index is 13.5. The molecule has 6 nitrogen and oxygen atoms in total. The molecule has 0 spiro atoms. The standard InChI is InChI=1S/C25H31FN4O2S/c1-32-21-7-4-6-20(17-21)28-25(31)27-10-2-3-11-29-12-5-13-30(15-14-29)23-18-33-24-16-19(26)8-9-22(23)24/h4,6-9,16-18H,2-3,5,10-15H2,1H3,(H2,27,28,31). The normalized spacial score (nSPS) is 14.8. The van der Waals surface area contributed by atoms with Crippen LogP contribution in [0.1, 0.15) is 19.3 Å². The van der Waals surface area contributed by atoms with Gasteiger partial charge in [0, 0.05) is 53.4 Å². The molecule has 0 unspecified atom stereocenters. The lowest BCUT2D eigenvalue weighted by Crippen LogP contribution is -2.32. The minimum atomic E-state index is -0.198. The number of urea groups is 1. The van der Waals surface area contributed by atoms with Gasteiger partial charge < -0.3 is 25.2 Å². The number of rotatable bonds is 8. The lowest BCUT2D eigenvalue weighted by molar-refractivity contribution is 0.251. The Morgan fingerprint density at radius 2 is 2.03 bits per heavy atom. The lowest BCUT2D eigenvalue weighted by atomic mass is 10.2. The molecule has 0 atom stereocenters. The smallest absolute Gasteiger partial charge is 0.319 e. The molecule has 2 N–H and O–H groups in total. The second-order valence-corrected chi connectivity index (χ2v) is 9.17. The molecule has 0 bridgehead atoms. The van der Waals surface area contributed by atoms with Crippen LogP contribution in [-0.4, -0.2) is 57.3 Å². The number of hydrogen-bond donors (Lipinski definition) is 2. The van der Waals surface area contributed by atoms with Crippen LogP contribution in [0.4, 0.5) is 20.6 Å². The summed E-state index contributed by atoms with van der Waals surface area (Å²) in [5.74, 6) is 0.537. The Morgan fingerprint density at radius 1 is 1.12 bits per heavy atom. The van der Waals surface area contributed by atoms with Crippen LogP contribution >= 0.6 is 11.3 Å². The van der Waals surface area contributed by atoms with Crippen LogP contribution in [0.2, 0.25) is 0 Å². The van der Waals surface area contributed by atoms with Gasteiger partial charge in [-0.15, -0.1) is 11.3 Å². The minimum Gasteiger partial charge on any atom is -0.497 e. The molecule has 1 aliphatic heterocycles. The molecule has 1 aromatic heterocycles. The lowest BCUT2D eigenvalue weighted by Gasteiger charge is -2.23. The highest BCUT2D eigenvalue weighted by Gasteiger charge is 2.17. The molecule has 33 heavy (non-hydrogen) atoms. The molecule has 3 aromatic rings. The third-order valence-electron chi connectivity index (χ3n) is 5.96. The van der Waals surface area contributed by atoms with Gasteiger partial charge in [0.05, 0.1) is 12.8 Å². The topological polar surface area (TPSA) is 56.8 Å². The molecule has 0 aliphatic carbocycles. The summed E-state index contributed by atoms with van der Waals surface area (Å²) in [4.78, 5) is 17.0. The van der Waals surface area contributed by atoms with E-state index in [1.807, 2.05) is 24.3 Å². The average molecular weight is 471 g/mol. The molecule has 1 saturated heterocycles. The molecule has 176 valence electrons. The Labute approximate surface area is 198 Å². The number of fused-ring (bicyclic) bond motifs is 1. The van der Waals surface area contributed by atoms with Crippen molar-refractivity contribution < 1.29 is 13.9 Å². The molecule has 1 aliphatic rings. The van der Waals surface area contributed by atoms with Crippen molar-refractivity contribution in [3.63, 3.8) is 0 Å².